The molecule has 1 aliphatic carbocycles. The fourth-order valence-electron chi connectivity index (χ4n) is 2.15. The molecule has 0 aromatic carbocycles. The molecule has 1 aromatic rings. The van der Waals surface area contributed by atoms with E-state index in [0.717, 1.165) is 12.8 Å². The van der Waals surface area contributed by atoms with Gasteiger partial charge in [0.2, 0.25) is 5.91 Å². The van der Waals surface area contributed by atoms with Crippen molar-refractivity contribution in [2.45, 2.75) is 25.3 Å². The van der Waals surface area contributed by atoms with E-state index in [2.05, 4.69) is 5.32 Å². The van der Waals surface area contributed by atoms with E-state index in [4.69, 9.17) is 5.11 Å². The molecule has 1 aromatic heterocycles. The van der Waals surface area contributed by atoms with Crippen molar-refractivity contribution in [3.05, 3.63) is 22.4 Å². The summed E-state index contributed by atoms with van der Waals surface area (Å²) in [5.41, 5.74) is 0. The first-order valence-corrected chi connectivity index (χ1v) is 7.65. The van der Waals surface area contributed by atoms with E-state index in [1.165, 1.54) is 16.2 Å². The Labute approximate surface area is 126 Å². The summed E-state index contributed by atoms with van der Waals surface area (Å²) >= 11 is 1.32. The van der Waals surface area contributed by atoms with Gasteiger partial charge in [0.1, 0.15) is 0 Å². The molecule has 2 amide bonds. The van der Waals surface area contributed by atoms with Gasteiger partial charge >= 0.3 is 5.97 Å². The summed E-state index contributed by atoms with van der Waals surface area (Å²) in [5.74, 6) is -1.19. The zero-order chi connectivity index (χ0) is 15.4. The molecule has 2 rings (SSSR count). The van der Waals surface area contributed by atoms with Crippen LogP contribution in [0.5, 0.6) is 0 Å². The molecular formula is C14H18N2O4S. The van der Waals surface area contributed by atoms with Crippen molar-refractivity contribution < 1.29 is 19.5 Å². The number of carbonyl (C=O) groups is 3. The van der Waals surface area contributed by atoms with Crippen molar-refractivity contribution in [2.24, 2.45) is 5.92 Å². The second-order valence-electron chi connectivity index (χ2n) is 5.25. The van der Waals surface area contributed by atoms with Crippen LogP contribution >= 0.6 is 11.3 Å². The molecule has 1 heterocycles. The molecule has 0 saturated heterocycles. The van der Waals surface area contributed by atoms with Crippen LogP contribution in [0.3, 0.4) is 0 Å². The first kappa shape index (κ1) is 15.5. The average molecular weight is 310 g/mol. The highest BCUT2D eigenvalue weighted by molar-refractivity contribution is 7.12. The van der Waals surface area contributed by atoms with E-state index >= 15 is 0 Å². The first-order chi connectivity index (χ1) is 9.97. The summed E-state index contributed by atoms with van der Waals surface area (Å²) in [6.07, 6.45) is 1.82. The molecule has 7 heteroatoms. The molecule has 0 aliphatic heterocycles. The highest BCUT2D eigenvalue weighted by Crippen LogP contribution is 2.34. The Morgan fingerprint density at radius 3 is 2.71 bits per heavy atom. The average Bonchev–Trinajstić information content (AvgIpc) is 3.11. The molecule has 21 heavy (non-hydrogen) atoms. The minimum atomic E-state index is -0.921. The van der Waals surface area contributed by atoms with Gasteiger partial charge in [-0.25, -0.2) is 0 Å². The van der Waals surface area contributed by atoms with E-state index in [9.17, 15) is 14.4 Å². The van der Waals surface area contributed by atoms with Gasteiger partial charge in [-0.15, -0.1) is 11.3 Å². The molecule has 0 radical (unpaired) electrons. The Hall–Kier alpha value is -1.89. The van der Waals surface area contributed by atoms with Gasteiger partial charge in [0.15, 0.2) is 0 Å². The number of hydrogen-bond acceptors (Lipinski definition) is 4. The van der Waals surface area contributed by atoms with Crippen molar-refractivity contribution in [1.82, 2.24) is 10.2 Å². The quantitative estimate of drug-likeness (QED) is 0.792. The molecule has 1 atom stereocenters. The zero-order valence-electron chi connectivity index (χ0n) is 11.7. The van der Waals surface area contributed by atoms with Crippen LogP contribution in [0, 0.1) is 5.92 Å². The highest BCUT2D eigenvalue weighted by atomic mass is 32.1. The molecule has 6 nitrogen and oxygen atoms in total. The molecule has 114 valence electrons. The van der Waals surface area contributed by atoms with E-state index in [1.807, 2.05) is 0 Å². The normalized spacial score (nSPS) is 15.3. The number of amides is 2. The van der Waals surface area contributed by atoms with E-state index < -0.39 is 5.97 Å². The van der Waals surface area contributed by atoms with Gasteiger partial charge in [0.05, 0.1) is 17.8 Å². The van der Waals surface area contributed by atoms with Crippen LogP contribution in [-0.4, -0.2) is 47.4 Å². The monoisotopic (exact) mass is 310 g/mol. The third-order valence-corrected chi connectivity index (χ3v) is 4.25. The molecule has 2 N–H and O–H groups in total. The number of nitrogens with zero attached hydrogens (tertiary/aromatic N) is 1. The van der Waals surface area contributed by atoms with Gasteiger partial charge in [-0.1, -0.05) is 6.07 Å². The van der Waals surface area contributed by atoms with Crippen molar-refractivity contribution in [3.63, 3.8) is 0 Å². The lowest BCUT2D eigenvalue weighted by Gasteiger charge is -2.20. The van der Waals surface area contributed by atoms with Crippen LogP contribution in [0.2, 0.25) is 0 Å². The SMILES string of the molecule is CN(CC(=O)NC(CC(=O)O)C1CC1)C(=O)c1cccs1. The minimum absolute atomic E-state index is 0.0699. The molecule has 1 aliphatic rings. The number of carbonyl (C=O) groups excluding carboxylic acids is 2. The predicted octanol–water partition coefficient (Wildman–Crippen LogP) is 1.19. The van der Waals surface area contributed by atoms with Crippen LogP contribution in [0.25, 0.3) is 0 Å². The summed E-state index contributed by atoms with van der Waals surface area (Å²) in [7, 11) is 1.56. The third kappa shape index (κ3) is 4.56. The van der Waals surface area contributed by atoms with Crippen molar-refractivity contribution >= 4 is 29.1 Å². The van der Waals surface area contributed by atoms with Crippen molar-refractivity contribution in [1.29, 1.82) is 0 Å². The number of nitrogens with one attached hydrogen (secondary N) is 1. The lowest BCUT2D eigenvalue weighted by atomic mass is 10.1. The third-order valence-electron chi connectivity index (χ3n) is 3.39. The Kier molecular flexibility index (Phi) is 4.95. The fraction of sp³-hybridized carbons (Fsp3) is 0.500. The van der Waals surface area contributed by atoms with Crippen LogP contribution in [0.4, 0.5) is 0 Å². The second-order valence-corrected chi connectivity index (χ2v) is 6.20. The van der Waals surface area contributed by atoms with Crippen LogP contribution in [-0.2, 0) is 9.59 Å². The fourth-order valence-corrected chi connectivity index (χ4v) is 2.87. The smallest absolute Gasteiger partial charge is 0.305 e. The highest BCUT2D eigenvalue weighted by Gasteiger charge is 2.33. The number of rotatable bonds is 7. The largest absolute Gasteiger partial charge is 0.481 e. The Morgan fingerprint density at radius 2 is 2.19 bits per heavy atom. The summed E-state index contributed by atoms with van der Waals surface area (Å²) < 4.78 is 0. The van der Waals surface area contributed by atoms with Crippen molar-refractivity contribution in [3.8, 4) is 0 Å². The van der Waals surface area contributed by atoms with Gasteiger partial charge in [-0.05, 0) is 30.2 Å². The maximum Gasteiger partial charge on any atom is 0.305 e. The predicted molar refractivity (Wildman–Crippen MR) is 78.2 cm³/mol. The number of carboxylic acids is 1. The van der Waals surface area contributed by atoms with Gasteiger partial charge < -0.3 is 15.3 Å². The van der Waals surface area contributed by atoms with Gasteiger partial charge in [0, 0.05) is 13.1 Å². The minimum Gasteiger partial charge on any atom is -0.481 e. The second kappa shape index (κ2) is 6.71. The topological polar surface area (TPSA) is 86.7 Å². The van der Waals surface area contributed by atoms with E-state index in [1.54, 1.807) is 24.6 Å². The molecule has 0 bridgehead atoms. The number of thiophene rings is 1. The Balaban J connectivity index is 1.85. The molecule has 0 spiro atoms. The van der Waals surface area contributed by atoms with Gasteiger partial charge in [-0.2, -0.15) is 0 Å². The van der Waals surface area contributed by atoms with Gasteiger partial charge in [0.25, 0.3) is 5.91 Å². The van der Waals surface area contributed by atoms with Gasteiger partial charge in [-0.3, -0.25) is 14.4 Å². The lowest BCUT2D eigenvalue weighted by molar-refractivity contribution is -0.137. The number of carboxylic acid groups (broad SMARTS) is 1. The summed E-state index contributed by atoms with van der Waals surface area (Å²) in [6.45, 7) is -0.0699. The maximum absolute atomic E-state index is 12.0. The Morgan fingerprint density at radius 1 is 1.48 bits per heavy atom. The molecule has 1 unspecified atom stereocenters. The molecule has 1 fully saturated rings. The van der Waals surface area contributed by atoms with Crippen LogP contribution < -0.4 is 5.32 Å². The number of hydrogen-bond donors (Lipinski definition) is 2. The number of likely N-dealkylation sites (N-methyl/N-ethyl adjacent to an activating group) is 1. The standard InChI is InChI=1S/C14H18N2O4S/c1-16(14(20)11-3-2-6-21-11)8-12(17)15-10(7-13(18)19)9-4-5-9/h2-3,6,9-10H,4-5,7-8H2,1H3,(H,15,17)(H,18,19). The lowest BCUT2D eigenvalue weighted by Crippen LogP contribution is -2.44. The summed E-state index contributed by atoms with van der Waals surface area (Å²) in [6, 6.07) is 3.15. The summed E-state index contributed by atoms with van der Waals surface area (Å²) in [5, 5.41) is 13.4. The summed E-state index contributed by atoms with van der Waals surface area (Å²) in [4.78, 5) is 36.7. The van der Waals surface area contributed by atoms with E-state index in [0.29, 0.717) is 4.88 Å². The maximum atomic E-state index is 12.0. The van der Waals surface area contributed by atoms with Crippen LogP contribution in [0.15, 0.2) is 17.5 Å². The Bertz CT molecular complexity index is 525. The molecule has 1 saturated carbocycles. The van der Waals surface area contributed by atoms with Crippen LogP contribution in [0.1, 0.15) is 28.9 Å². The zero-order valence-corrected chi connectivity index (χ0v) is 12.6. The first-order valence-electron chi connectivity index (χ1n) is 6.77. The number of aliphatic carboxylic acids is 1. The molecular weight excluding hydrogens is 292 g/mol. The van der Waals surface area contributed by atoms with Crippen molar-refractivity contribution in [2.75, 3.05) is 13.6 Å². The van der Waals surface area contributed by atoms with E-state index in [-0.39, 0.29) is 36.7 Å².